The number of carbonyl (C=O) groups excluding carboxylic acids is 1. The molecule has 146 valence electrons. The molecule has 2 fully saturated rings. The molecule has 2 unspecified atom stereocenters. The summed E-state index contributed by atoms with van der Waals surface area (Å²) < 4.78 is 5.92. The maximum absolute atomic E-state index is 12.4. The second kappa shape index (κ2) is 8.19. The standard InChI is InChI=1S/C21H28ClN3O2/c1-14-4-2-3-5-17(14)23-20(26)13-25-10-8-15(9-11-25)21-24-18-12-16(22)6-7-19(18)27-21/h6-7,12,14-15,17H,2-5,8-11,13H2,1H3,(H,23,26). The molecule has 5 nitrogen and oxygen atoms in total. The van der Waals surface area contributed by atoms with Gasteiger partial charge in [0, 0.05) is 17.0 Å². The number of fused-ring (bicyclic) bond motifs is 1. The Morgan fingerprint density at radius 2 is 2.04 bits per heavy atom. The monoisotopic (exact) mass is 389 g/mol. The number of oxazole rings is 1. The summed E-state index contributed by atoms with van der Waals surface area (Å²) in [4.78, 5) is 19.3. The molecule has 6 heteroatoms. The lowest BCUT2D eigenvalue weighted by Crippen LogP contribution is -2.47. The van der Waals surface area contributed by atoms with Crippen LogP contribution in [0, 0.1) is 5.92 Å². The van der Waals surface area contributed by atoms with E-state index in [1.807, 2.05) is 18.2 Å². The number of nitrogens with zero attached hydrogens (tertiary/aromatic N) is 2. The molecule has 4 rings (SSSR count). The summed E-state index contributed by atoms with van der Waals surface area (Å²) in [6.45, 7) is 4.55. The van der Waals surface area contributed by atoms with Crippen LogP contribution in [0.3, 0.4) is 0 Å². The average Bonchev–Trinajstić information content (AvgIpc) is 3.07. The molecule has 1 N–H and O–H groups in total. The van der Waals surface area contributed by atoms with Crippen LogP contribution in [0.15, 0.2) is 22.6 Å². The van der Waals surface area contributed by atoms with Crippen molar-refractivity contribution in [3.8, 4) is 0 Å². The molecule has 1 aliphatic heterocycles. The highest BCUT2D eigenvalue weighted by atomic mass is 35.5. The molecule has 2 aromatic rings. The van der Waals surface area contributed by atoms with Crippen LogP contribution >= 0.6 is 11.6 Å². The van der Waals surface area contributed by atoms with E-state index in [-0.39, 0.29) is 5.91 Å². The molecule has 27 heavy (non-hydrogen) atoms. The van der Waals surface area contributed by atoms with Crippen LogP contribution in [0.1, 0.15) is 57.3 Å². The van der Waals surface area contributed by atoms with E-state index in [0.717, 1.165) is 49.3 Å². The van der Waals surface area contributed by atoms with Crippen LogP contribution in [0.2, 0.25) is 5.02 Å². The van der Waals surface area contributed by atoms with Gasteiger partial charge in [0.15, 0.2) is 11.5 Å². The van der Waals surface area contributed by atoms with Crippen molar-refractivity contribution < 1.29 is 9.21 Å². The third kappa shape index (κ3) is 4.46. The first-order chi connectivity index (χ1) is 13.1. The number of likely N-dealkylation sites (tertiary alicyclic amines) is 1. The normalized spacial score (nSPS) is 25.0. The molecular formula is C21H28ClN3O2. The fraction of sp³-hybridized carbons (Fsp3) is 0.619. The molecule has 2 aliphatic rings. The quantitative estimate of drug-likeness (QED) is 0.844. The number of piperidine rings is 1. The molecule has 2 heterocycles. The van der Waals surface area contributed by atoms with Gasteiger partial charge in [-0.05, 0) is 62.9 Å². The minimum atomic E-state index is 0.170. The summed E-state index contributed by atoms with van der Waals surface area (Å²) in [6.07, 6.45) is 6.81. The molecule has 1 saturated heterocycles. The summed E-state index contributed by atoms with van der Waals surface area (Å²) in [5, 5.41) is 3.93. The first-order valence-electron chi connectivity index (χ1n) is 10.2. The van der Waals surface area contributed by atoms with E-state index in [9.17, 15) is 4.79 Å². The molecule has 1 aromatic carbocycles. The zero-order valence-electron chi connectivity index (χ0n) is 15.9. The number of hydrogen-bond acceptors (Lipinski definition) is 4. The lowest BCUT2D eigenvalue weighted by molar-refractivity contribution is -0.123. The largest absolute Gasteiger partial charge is 0.440 e. The number of rotatable bonds is 4. The van der Waals surface area contributed by atoms with Gasteiger partial charge >= 0.3 is 0 Å². The number of nitrogens with one attached hydrogen (secondary N) is 1. The molecule has 0 spiro atoms. The lowest BCUT2D eigenvalue weighted by Gasteiger charge is -2.32. The molecule has 1 amide bonds. The average molecular weight is 390 g/mol. The molecule has 1 aromatic heterocycles. The van der Waals surface area contributed by atoms with Crippen LogP contribution in [0.25, 0.3) is 11.1 Å². The fourth-order valence-corrected chi connectivity index (χ4v) is 4.58. The molecule has 1 aliphatic carbocycles. The van der Waals surface area contributed by atoms with Gasteiger partial charge in [-0.1, -0.05) is 31.4 Å². The SMILES string of the molecule is CC1CCCCC1NC(=O)CN1CCC(c2nc3cc(Cl)ccc3o2)CC1. The molecular weight excluding hydrogens is 362 g/mol. The van der Waals surface area contributed by atoms with Crippen molar-refractivity contribution in [3.63, 3.8) is 0 Å². The van der Waals surface area contributed by atoms with Gasteiger partial charge in [-0.25, -0.2) is 4.98 Å². The molecule has 1 saturated carbocycles. The minimum absolute atomic E-state index is 0.170. The lowest BCUT2D eigenvalue weighted by atomic mass is 9.86. The second-order valence-corrected chi connectivity index (χ2v) is 8.59. The Morgan fingerprint density at radius 1 is 1.26 bits per heavy atom. The number of halogens is 1. The Kier molecular flexibility index (Phi) is 5.69. The number of benzene rings is 1. The van der Waals surface area contributed by atoms with E-state index in [1.165, 1.54) is 19.3 Å². The van der Waals surface area contributed by atoms with Crippen molar-refractivity contribution in [1.29, 1.82) is 0 Å². The van der Waals surface area contributed by atoms with Crippen molar-refractivity contribution >= 4 is 28.6 Å². The third-order valence-electron chi connectivity index (χ3n) is 6.13. The van der Waals surface area contributed by atoms with Crippen LogP contribution < -0.4 is 5.32 Å². The van der Waals surface area contributed by atoms with Crippen LogP contribution in [-0.4, -0.2) is 41.5 Å². The van der Waals surface area contributed by atoms with Gasteiger partial charge in [0.2, 0.25) is 5.91 Å². The summed E-state index contributed by atoms with van der Waals surface area (Å²) in [6, 6.07) is 5.90. The van der Waals surface area contributed by atoms with Crippen LogP contribution in [0.5, 0.6) is 0 Å². The number of amides is 1. The Morgan fingerprint density at radius 3 is 2.81 bits per heavy atom. The van der Waals surface area contributed by atoms with E-state index in [0.29, 0.717) is 29.4 Å². The van der Waals surface area contributed by atoms with E-state index in [4.69, 9.17) is 16.0 Å². The van der Waals surface area contributed by atoms with Crippen LogP contribution in [-0.2, 0) is 4.79 Å². The van der Waals surface area contributed by atoms with Crippen molar-refractivity contribution in [2.75, 3.05) is 19.6 Å². The zero-order chi connectivity index (χ0) is 18.8. The summed E-state index contributed by atoms with van der Waals surface area (Å²) >= 11 is 6.03. The summed E-state index contributed by atoms with van der Waals surface area (Å²) in [5.74, 6) is 1.88. The zero-order valence-corrected chi connectivity index (χ0v) is 16.7. The Hall–Kier alpha value is -1.59. The van der Waals surface area contributed by atoms with Crippen molar-refractivity contribution in [1.82, 2.24) is 15.2 Å². The number of aromatic nitrogens is 1. The number of carbonyl (C=O) groups is 1. The first-order valence-corrected chi connectivity index (χ1v) is 10.5. The minimum Gasteiger partial charge on any atom is -0.440 e. The van der Waals surface area contributed by atoms with Gasteiger partial charge in [-0.3, -0.25) is 9.69 Å². The van der Waals surface area contributed by atoms with Gasteiger partial charge in [0.25, 0.3) is 0 Å². The second-order valence-electron chi connectivity index (χ2n) is 8.15. The summed E-state index contributed by atoms with van der Waals surface area (Å²) in [7, 11) is 0. The smallest absolute Gasteiger partial charge is 0.234 e. The Balaban J connectivity index is 1.28. The highest BCUT2D eigenvalue weighted by Crippen LogP contribution is 2.31. The van der Waals surface area contributed by atoms with Crippen molar-refractivity contribution in [2.45, 2.75) is 57.4 Å². The number of hydrogen-bond donors (Lipinski definition) is 1. The topological polar surface area (TPSA) is 58.4 Å². The highest BCUT2D eigenvalue weighted by Gasteiger charge is 2.27. The van der Waals surface area contributed by atoms with E-state index in [1.54, 1.807) is 0 Å². The highest BCUT2D eigenvalue weighted by molar-refractivity contribution is 6.31. The predicted octanol–water partition coefficient (Wildman–Crippen LogP) is 4.36. The van der Waals surface area contributed by atoms with Crippen molar-refractivity contribution in [3.05, 3.63) is 29.1 Å². The Bertz CT molecular complexity index is 798. The van der Waals surface area contributed by atoms with Crippen LogP contribution in [0.4, 0.5) is 0 Å². The molecule has 0 bridgehead atoms. The summed E-state index contributed by atoms with van der Waals surface area (Å²) in [5.41, 5.74) is 1.61. The van der Waals surface area contributed by atoms with E-state index in [2.05, 4.69) is 22.1 Å². The first kappa shape index (κ1) is 18.8. The van der Waals surface area contributed by atoms with Crippen molar-refractivity contribution in [2.24, 2.45) is 5.92 Å². The maximum Gasteiger partial charge on any atom is 0.234 e. The third-order valence-corrected chi connectivity index (χ3v) is 6.36. The van der Waals surface area contributed by atoms with Gasteiger partial charge < -0.3 is 9.73 Å². The maximum atomic E-state index is 12.4. The Labute approximate surface area is 165 Å². The van der Waals surface area contributed by atoms with Gasteiger partial charge in [-0.2, -0.15) is 0 Å². The van der Waals surface area contributed by atoms with Gasteiger partial charge in [0.05, 0.1) is 6.54 Å². The predicted molar refractivity (Wildman–Crippen MR) is 107 cm³/mol. The molecule has 2 atom stereocenters. The van der Waals surface area contributed by atoms with Gasteiger partial charge in [0.1, 0.15) is 5.52 Å². The van der Waals surface area contributed by atoms with Gasteiger partial charge in [-0.15, -0.1) is 0 Å². The fourth-order valence-electron chi connectivity index (χ4n) is 4.42. The van der Waals surface area contributed by atoms with E-state index >= 15 is 0 Å². The molecule has 0 radical (unpaired) electrons. The van der Waals surface area contributed by atoms with E-state index < -0.39 is 0 Å².